The maximum Gasteiger partial charge on any atom is 0.251 e. The fourth-order valence-electron chi connectivity index (χ4n) is 2.02. The van der Waals surface area contributed by atoms with Crippen molar-refractivity contribution in [2.75, 3.05) is 19.4 Å². The number of benzene rings is 1. The molecule has 4 N–H and O–H groups in total. The molecule has 2 rings (SSSR count). The molecule has 1 fully saturated rings. The molecular weight excluding hydrogens is 246 g/mol. The summed E-state index contributed by atoms with van der Waals surface area (Å²) in [4.78, 5) is 23.0. The van der Waals surface area contributed by atoms with E-state index in [-0.39, 0.29) is 17.9 Å². The Morgan fingerprint density at radius 1 is 1.53 bits per heavy atom. The lowest BCUT2D eigenvalue weighted by atomic mass is 10.1. The first-order chi connectivity index (χ1) is 9.08. The highest BCUT2D eigenvalue weighted by atomic mass is 16.5. The van der Waals surface area contributed by atoms with Crippen molar-refractivity contribution >= 4 is 17.5 Å². The van der Waals surface area contributed by atoms with Crippen LogP contribution >= 0.6 is 0 Å². The van der Waals surface area contributed by atoms with Crippen LogP contribution in [0.2, 0.25) is 0 Å². The maximum atomic E-state index is 12.0. The van der Waals surface area contributed by atoms with Crippen molar-refractivity contribution in [1.29, 1.82) is 0 Å². The first-order valence-electron chi connectivity index (χ1n) is 6.10. The molecule has 1 unspecified atom stereocenters. The van der Waals surface area contributed by atoms with Crippen LogP contribution in [0.25, 0.3) is 0 Å². The third-order valence-electron chi connectivity index (χ3n) is 3.02. The number of methoxy groups -OCH3 is 1. The molecule has 0 spiro atoms. The highest BCUT2D eigenvalue weighted by Crippen LogP contribution is 2.18. The molecule has 6 heteroatoms. The van der Waals surface area contributed by atoms with Crippen LogP contribution in [-0.4, -0.2) is 31.5 Å². The summed E-state index contributed by atoms with van der Waals surface area (Å²) in [7, 11) is 1.52. The van der Waals surface area contributed by atoms with Gasteiger partial charge in [-0.15, -0.1) is 0 Å². The molecule has 1 aromatic carbocycles. The van der Waals surface area contributed by atoms with E-state index in [1.165, 1.54) is 7.11 Å². The highest BCUT2D eigenvalue weighted by Gasteiger charge is 2.21. The molecule has 1 aromatic rings. The Morgan fingerprint density at radius 3 is 2.95 bits per heavy atom. The number of ether oxygens (including phenoxy) is 1. The van der Waals surface area contributed by atoms with Crippen LogP contribution < -0.4 is 21.1 Å². The van der Waals surface area contributed by atoms with Gasteiger partial charge in [-0.1, -0.05) is 0 Å². The van der Waals surface area contributed by atoms with Crippen molar-refractivity contribution in [2.45, 2.75) is 18.9 Å². The quantitative estimate of drug-likeness (QED) is 0.680. The molecule has 0 radical (unpaired) electrons. The SMILES string of the molecule is COc1cc(N)cc(C(=O)NCC2CCC(=O)N2)c1. The van der Waals surface area contributed by atoms with Gasteiger partial charge in [0.1, 0.15) is 5.75 Å². The largest absolute Gasteiger partial charge is 0.497 e. The van der Waals surface area contributed by atoms with Crippen molar-refractivity contribution in [3.8, 4) is 5.75 Å². The van der Waals surface area contributed by atoms with E-state index in [0.717, 1.165) is 6.42 Å². The standard InChI is InChI=1S/C13H17N3O3/c1-19-11-5-8(4-9(14)6-11)13(18)15-7-10-2-3-12(17)16-10/h4-6,10H,2-3,7,14H2,1H3,(H,15,18)(H,16,17). The number of anilines is 1. The average molecular weight is 263 g/mol. The van der Waals surface area contributed by atoms with Crippen molar-refractivity contribution in [3.05, 3.63) is 23.8 Å². The first-order valence-corrected chi connectivity index (χ1v) is 6.10. The van der Waals surface area contributed by atoms with E-state index in [0.29, 0.717) is 30.0 Å². The number of carbonyl (C=O) groups is 2. The molecule has 1 aliphatic heterocycles. The fraction of sp³-hybridized carbons (Fsp3) is 0.385. The minimum atomic E-state index is -0.230. The number of nitrogen functional groups attached to an aromatic ring is 1. The topological polar surface area (TPSA) is 93.4 Å². The maximum absolute atomic E-state index is 12.0. The molecule has 1 saturated heterocycles. The smallest absolute Gasteiger partial charge is 0.251 e. The minimum Gasteiger partial charge on any atom is -0.497 e. The summed E-state index contributed by atoms with van der Waals surface area (Å²) in [5.41, 5.74) is 6.61. The summed E-state index contributed by atoms with van der Waals surface area (Å²) in [6, 6.07) is 4.87. The lowest BCUT2D eigenvalue weighted by Crippen LogP contribution is -2.38. The second-order valence-electron chi connectivity index (χ2n) is 4.51. The van der Waals surface area contributed by atoms with Gasteiger partial charge >= 0.3 is 0 Å². The summed E-state index contributed by atoms with van der Waals surface area (Å²) in [6.07, 6.45) is 1.27. The van der Waals surface area contributed by atoms with E-state index in [4.69, 9.17) is 10.5 Å². The van der Waals surface area contributed by atoms with Crippen LogP contribution in [0.5, 0.6) is 5.75 Å². The van der Waals surface area contributed by atoms with E-state index in [1.807, 2.05) is 0 Å². The van der Waals surface area contributed by atoms with E-state index >= 15 is 0 Å². The Kier molecular flexibility index (Phi) is 3.89. The van der Waals surface area contributed by atoms with E-state index in [9.17, 15) is 9.59 Å². The molecule has 0 saturated carbocycles. The predicted octanol–water partition coefficient (Wildman–Crippen LogP) is 0.286. The van der Waals surface area contributed by atoms with Crippen LogP contribution in [0.4, 0.5) is 5.69 Å². The predicted molar refractivity (Wildman–Crippen MR) is 70.9 cm³/mol. The number of amides is 2. The van der Waals surface area contributed by atoms with Gasteiger partial charge < -0.3 is 21.1 Å². The van der Waals surface area contributed by atoms with Gasteiger partial charge in [0.25, 0.3) is 5.91 Å². The zero-order valence-corrected chi connectivity index (χ0v) is 10.7. The molecular formula is C13H17N3O3. The van der Waals surface area contributed by atoms with Crippen molar-refractivity contribution < 1.29 is 14.3 Å². The number of rotatable bonds is 4. The summed E-state index contributed by atoms with van der Waals surface area (Å²) in [6.45, 7) is 0.418. The molecule has 19 heavy (non-hydrogen) atoms. The second-order valence-corrected chi connectivity index (χ2v) is 4.51. The Hall–Kier alpha value is -2.24. The molecule has 1 aliphatic rings. The summed E-state index contributed by atoms with van der Waals surface area (Å²) >= 11 is 0. The highest BCUT2D eigenvalue weighted by molar-refractivity contribution is 5.95. The van der Waals surface area contributed by atoms with Gasteiger partial charge in [0.15, 0.2) is 0 Å². The molecule has 0 bridgehead atoms. The lowest BCUT2D eigenvalue weighted by Gasteiger charge is -2.12. The van der Waals surface area contributed by atoms with Crippen LogP contribution in [0.15, 0.2) is 18.2 Å². The van der Waals surface area contributed by atoms with Crippen LogP contribution in [0, 0.1) is 0 Å². The Bertz CT molecular complexity index is 502. The zero-order valence-electron chi connectivity index (χ0n) is 10.7. The van der Waals surface area contributed by atoms with Crippen molar-refractivity contribution in [2.24, 2.45) is 0 Å². The molecule has 1 heterocycles. The summed E-state index contributed by atoms with van der Waals surface area (Å²) < 4.78 is 5.06. The Labute approximate surface area is 111 Å². The lowest BCUT2D eigenvalue weighted by molar-refractivity contribution is -0.119. The fourth-order valence-corrected chi connectivity index (χ4v) is 2.02. The Morgan fingerprint density at radius 2 is 2.32 bits per heavy atom. The number of hydrogen-bond acceptors (Lipinski definition) is 4. The van der Waals surface area contributed by atoms with E-state index in [2.05, 4.69) is 10.6 Å². The number of nitrogens with one attached hydrogen (secondary N) is 2. The zero-order chi connectivity index (χ0) is 13.8. The third-order valence-corrected chi connectivity index (χ3v) is 3.02. The van der Waals surface area contributed by atoms with Gasteiger partial charge in [0.2, 0.25) is 5.91 Å². The second kappa shape index (κ2) is 5.60. The molecule has 1 atom stereocenters. The van der Waals surface area contributed by atoms with E-state index < -0.39 is 0 Å². The minimum absolute atomic E-state index is 0.0133. The third kappa shape index (κ3) is 3.37. The summed E-state index contributed by atoms with van der Waals surface area (Å²) in [5, 5.41) is 5.57. The Balaban J connectivity index is 1.96. The van der Waals surface area contributed by atoms with Gasteiger partial charge in [-0.25, -0.2) is 0 Å². The summed E-state index contributed by atoms with van der Waals surface area (Å²) in [5.74, 6) is 0.343. The van der Waals surface area contributed by atoms with E-state index in [1.54, 1.807) is 18.2 Å². The molecule has 102 valence electrons. The number of carbonyl (C=O) groups excluding carboxylic acids is 2. The normalized spacial score (nSPS) is 17.9. The number of nitrogens with two attached hydrogens (primary N) is 1. The molecule has 6 nitrogen and oxygen atoms in total. The van der Waals surface area contributed by atoms with Gasteiger partial charge in [0, 0.05) is 36.3 Å². The number of hydrogen-bond donors (Lipinski definition) is 3. The van der Waals surface area contributed by atoms with Gasteiger partial charge in [-0.3, -0.25) is 9.59 Å². The van der Waals surface area contributed by atoms with Gasteiger partial charge in [-0.05, 0) is 18.6 Å². The molecule has 2 amide bonds. The van der Waals surface area contributed by atoms with Crippen molar-refractivity contribution in [3.63, 3.8) is 0 Å². The van der Waals surface area contributed by atoms with Crippen LogP contribution in [0.3, 0.4) is 0 Å². The first kappa shape index (κ1) is 13.2. The molecule has 0 aliphatic carbocycles. The van der Waals surface area contributed by atoms with Crippen LogP contribution in [0.1, 0.15) is 23.2 Å². The van der Waals surface area contributed by atoms with Gasteiger partial charge in [0.05, 0.1) is 7.11 Å². The van der Waals surface area contributed by atoms with Crippen molar-refractivity contribution in [1.82, 2.24) is 10.6 Å². The molecule has 0 aromatic heterocycles. The average Bonchev–Trinajstić information content (AvgIpc) is 2.81. The van der Waals surface area contributed by atoms with Gasteiger partial charge in [-0.2, -0.15) is 0 Å². The van der Waals surface area contributed by atoms with Crippen LogP contribution in [-0.2, 0) is 4.79 Å². The monoisotopic (exact) mass is 263 g/mol.